The summed E-state index contributed by atoms with van der Waals surface area (Å²) in [5, 5.41) is 0. The Morgan fingerprint density at radius 3 is 3.08 bits per heavy atom. The fourth-order valence-corrected chi connectivity index (χ4v) is 3.61. The van der Waals surface area contributed by atoms with Gasteiger partial charge in [0.1, 0.15) is 12.4 Å². The van der Waals surface area contributed by atoms with E-state index in [9.17, 15) is 4.79 Å². The van der Waals surface area contributed by atoms with Gasteiger partial charge in [-0.3, -0.25) is 9.20 Å². The number of hydrogen-bond acceptors (Lipinski definition) is 4. The van der Waals surface area contributed by atoms with Crippen LogP contribution in [0.4, 0.5) is 0 Å². The second-order valence-corrected chi connectivity index (χ2v) is 6.49. The number of piperidine rings is 1. The summed E-state index contributed by atoms with van der Waals surface area (Å²) in [6, 6.07) is 2.02. The number of nitrogens with one attached hydrogen (secondary N) is 1. The SMILES string of the molecule is COCC(=O)N1CC[C@@H](C)[C@@H](c2ncc3cnc4[nH]ccc4n23)C1. The number of ether oxygens (including phenoxy) is 1. The Hall–Kier alpha value is -2.41. The number of hydrogen-bond donors (Lipinski definition) is 1. The molecule has 126 valence electrons. The number of aromatic nitrogens is 4. The van der Waals surface area contributed by atoms with E-state index in [0.29, 0.717) is 12.5 Å². The van der Waals surface area contributed by atoms with Crippen molar-refractivity contribution in [1.29, 1.82) is 0 Å². The van der Waals surface area contributed by atoms with Crippen molar-refractivity contribution in [2.75, 3.05) is 26.8 Å². The smallest absolute Gasteiger partial charge is 0.248 e. The fourth-order valence-electron chi connectivity index (χ4n) is 3.61. The van der Waals surface area contributed by atoms with Crippen LogP contribution in [0.5, 0.6) is 0 Å². The topological polar surface area (TPSA) is 75.5 Å². The van der Waals surface area contributed by atoms with Crippen LogP contribution in [0.15, 0.2) is 24.7 Å². The van der Waals surface area contributed by atoms with E-state index in [4.69, 9.17) is 4.74 Å². The van der Waals surface area contributed by atoms with Gasteiger partial charge in [-0.05, 0) is 18.4 Å². The zero-order valence-corrected chi connectivity index (χ0v) is 13.9. The van der Waals surface area contributed by atoms with E-state index in [0.717, 1.165) is 35.5 Å². The molecule has 1 N–H and O–H groups in total. The molecule has 1 aliphatic rings. The molecule has 0 saturated carbocycles. The average molecular weight is 327 g/mol. The van der Waals surface area contributed by atoms with E-state index in [1.165, 1.54) is 0 Å². The van der Waals surface area contributed by atoms with Crippen LogP contribution in [-0.2, 0) is 9.53 Å². The highest BCUT2D eigenvalue weighted by atomic mass is 16.5. The van der Waals surface area contributed by atoms with Crippen molar-refractivity contribution < 1.29 is 9.53 Å². The molecule has 0 aliphatic carbocycles. The van der Waals surface area contributed by atoms with Crippen LogP contribution < -0.4 is 0 Å². The number of rotatable bonds is 3. The van der Waals surface area contributed by atoms with Gasteiger partial charge < -0.3 is 14.6 Å². The lowest BCUT2D eigenvalue weighted by Gasteiger charge is -2.36. The molecule has 0 aromatic carbocycles. The van der Waals surface area contributed by atoms with E-state index in [1.54, 1.807) is 7.11 Å². The second kappa shape index (κ2) is 5.90. The summed E-state index contributed by atoms with van der Waals surface area (Å²) in [6.07, 6.45) is 6.55. The number of carbonyl (C=O) groups excluding carboxylic acids is 1. The lowest BCUT2D eigenvalue weighted by Crippen LogP contribution is -2.44. The second-order valence-electron chi connectivity index (χ2n) is 6.49. The number of nitrogens with zero attached hydrogens (tertiary/aromatic N) is 4. The van der Waals surface area contributed by atoms with Crippen molar-refractivity contribution in [3.63, 3.8) is 0 Å². The van der Waals surface area contributed by atoms with Crippen LogP contribution in [0.25, 0.3) is 16.7 Å². The lowest BCUT2D eigenvalue weighted by atomic mass is 9.86. The molecule has 0 bridgehead atoms. The molecule has 0 unspecified atom stereocenters. The van der Waals surface area contributed by atoms with Gasteiger partial charge in [-0.2, -0.15) is 0 Å². The summed E-state index contributed by atoms with van der Waals surface area (Å²) in [6.45, 7) is 3.83. The van der Waals surface area contributed by atoms with Crippen molar-refractivity contribution in [2.45, 2.75) is 19.3 Å². The van der Waals surface area contributed by atoms with Crippen LogP contribution in [0, 0.1) is 5.92 Å². The molecule has 3 aromatic heterocycles. The molecule has 24 heavy (non-hydrogen) atoms. The molecule has 2 atom stereocenters. The third-order valence-corrected chi connectivity index (χ3v) is 5.00. The van der Waals surface area contributed by atoms with E-state index >= 15 is 0 Å². The maximum absolute atomic E-state index is 12.2. The van der Waals surface area contributed by atoms with Crippen molar-refractivity contribution in [1.82, 2.24) is 24.3 Å². The number of H-pyrrole nitrogens is 1. The van der Waals surface area contributed by atoms with Crippen LogP contribution in [0.2, 0.25) is 0 Å². The molecule has 1 aliphatic heterocycles. The summed E-state index contributed by atoms with van der Waals surface area (Å²) in [5.74, 6) is 1.70. The van der Waals surface area contributed by atoms with Crippen LogP contribution >= 0.6 is 0 Å². The third-order valence-electron chi connectivity index (χ3n) is 5.00. The number of amides is 1. The largest absolute Gasteiger partial charge is 0.375 e. The third kappa shape index (κ3) is 2.36. The van der Waals surface area contributed by atoms with Gasteiger partial charge in [-0.25, -0.2) is 9.97 Å². The minimum atomic E-state index is 0.0451. The average Bonchev–Trinajstić information content (AvgIpc) is 3.21. The number of aromatic amines is 1. The zero-order chi connectivity index (χ0) is 16.7. The highest BCUT2D eigenvalue weighted by Crippen LogP contribution is 2.33. The summed E-state index contributed by atoms with van der Waals surface area (Å²) in [4.78, 5) is 26.3. The molecular weight excluding hydrogens is 306 g/mol. The van der Waals surface area contributed by atoms with E-state index in [-0.39, 0.29) is 18.4 Å². The number of likely N-dealkylation sites (tertiary alicyclic amines) is 1. The monoisotopic (exact) mass is 327 g/mol. The van der Waals surface area contributed by atoms with Crippen molar-refractivity contribution in [2.24, 2.45) is 5.92 Å². The Kier molecular flexibility index (Phi) is 3.72. The minimum absolute atomic E-state index is 0.0451. The normalized spacial score (nSPS) is 21.7. The molecule has 0 radical (unpaired) electrons. The van der Waals surface area contributed by atoms with Crippen molar-refractivity contribution in [3.05, 3.63) is 30.5 Å². The summed E-state index contributed by atoms with van der Waals surface area (Å²) in [7, 11) is 1.56. The molecule has 7 heteroatoms. The molecule has 4 heterocycles. The Morgan fingerprint density at radius 1 is 1.42 bits per heavy atom. The maximum atomic E-state index is 12.2. The summed E-state index contributed by atoms with van der Waals surface area (Å²) < 4.78 is 7.16. The van der Waals surface area contributed by atoms with Crippen molar-refractivity contribution >= 4 is 22.6 Å². The highest BCUT2D eigenvalue weighted by molar-refractivity contribution is 5.78. The minimum Gasteiger partial charge on any atom is -0.375 e. The van der Waals surface area contributed by atoms with Gasteiger partial charge in [0.15, 0.2) is 5.65 Å². The lowest BCUT2D eigenvalue weighted by molar-refractivity contribution is -0.136. The Morgan fingerprint density at radius 2 is 2.25 bits per heavy atom. The summed E-state index contributed by atoms with van der Waals surface area (Å²) >= 11 is 0. The number of fused-ring (bicyclic) bond motifs is 3. The molecule has 4 rings (SSSR count). The van der Waals surface area contributed by atoms with E-state index in [1.807, 2.05) is 29.6 Å². The maximum Gasteiger partial charge on any atom is 0.248 e. The fraction of sp³-hybridized carbons (Fsp3) is 0.471. The molecule has 7 nitrogen and oxygen atoms in total. The van der Waals surface area contributed by atoms with Gasteiger partial charge in [0.2, 0.25) is 5.91 Å². The van der Waals surface area contributed by atoms with Crippen LogP contribution in [0.1, 0.15) is 25.1 Å². The Balaban J connectivity index is 1.75. The molecular formula is C17H21N5O2. The first kappa shape index (κ1) is 15.1. The van der Waals surface area contributed by atoms with Gasteiger partial charge in [0.25, 0.3) is 0 Å². The van der Waals surface area contributed by atoms with Gasteiger partial charge in [-0.1, -0.05) is 6.92 Å². The quantitative estimate of drug-likeness (QED) is 0.796. The van der Waals surface area contributed by atoms with Gasteiger partial charge >= 0.3 is 0 Å². The van der Waals surface area contributed by atoms with Gasteiger partial charge in [0, 0.05) is 32.3 Å². The first-order chi connectivity index (χ1) is 11.7. The number of methoxy groups -OCH3 is 1. The number of imidazole rings is 1. The molecule has 0 spiro atoms. The summed E-state index contributed by atoms with van der Waals surface area (Å²) in [5.41, 5.74) is 2.84. The van der Waals surface area contributed by atoms with Crippen molar-refractivity contribution in [3.8, 4) is 0 Å². The van der Waals surface area contributed by atoms with Gasteiger partial charge in [-0.15, -0.1) is 0 Å². The Bertz CT molecular complexity index is 884. The molecule has 1 fully saturated rings. The Labute approximate surface area is 139 Å². The first-order valence-corrected chi connectivity index (χ1v) is 8.25. The van der Waals surface area contributed by atoms with Gasteiger partial charge in [0.05, 0.1) is 23.4 Å². The molecule has 3 aromatic rings. The van der Waals surface area contributed by atoms with Crippen LogP contribution in [-0.4, -0.2) is 57.0 Å². The van der Waals surface area contributed by atoms with E-state index in [2.05, 4.69) is 26.3 Å². The van der Waals surface area contributed by atoms with E-state index < -0.39 is 0 Å². The molecule has 1 saturated heterocycles. The molecule has 1 amide bonds. The number of carbonyl (C=O) groups is 1. The standard InChI is InChI=1S/C17H21N5O2/c1-11-4-6-21(15(23)10-24-2)9-13(11)17-20-8-12-7-19-16-14(22(12)17)3-5-18-16/h3,5,7-8,11,13,18H,4,6,9-10H2,1-2H3/t11-,13+/m1/s1. The first-order valence-electron chi connectivity index (χ1n) is 8.25. The van der Waals surface area contributed by atoms with Crippen LogP contribution in [0.3, 0.4) is 0 Å². The predicted molar refractivity (Wildman–Crippen MR) is 89.8 cm³/mol. The predicted octanol–water partition coefficient (Wildman–Crippen LogP) is 1.81. The highest BCUT2D eigenvalue weighted by Gasteiger charge is 2.32. The zero-order valence-electron chi connectivity index (χ0n) is 13.9.